The zero-order chi connectivity index (χ0) is 15.1. The molecule has 2 N–H and O–H groups in total. The van der Waals surface area contributed by atoms with Gasteiger partial charge in [-0.25, -0.2) is 0 Å². The quantitative estimate of drug-likeness (QED) is 0.836. The lowest BCUT2D eigenvalue weighted by Crippen LogP contribution is -2.31. The first kappa shape index (κ1) is 16.0. The fraction of sp³-hybridized carbons (Fsp3) is 0.588. The van der Waals surface area contributed by atoms with Gasteiger partial charge in [0.15, 0.2) is 0 Å². The molecule has 0 saturated carbocycles. The fourth-order valence-electron chi connectivity index (χ4n) is 2.83. The number of benzene rings is 1. The predicted molar refractivity (Wildman–Crippen MR) is 85.2 cm³/mol. The second-order valence-electron chi connectivity index (χ2n) is 5.74. The first-order chi connectivity index (χ1) is 10.2. The van der Waals surface area contributed by atoms with Crippen LogP contribution >= 0.6 is 0 Å². The highest BCUT2D eigenvalue weighted by Gasteiger charge is 2.16. The Bertz CT molecular complexity index is 474. The molecule has 1 aromatic rings. The molecule has 1 heterocycles. The summed E-state index contributed by atoms with van der Waals surface area (Å²) in [5, 5.41) is 12.8. The second kappa shape index (κ2) is 8.15. The van der Waals surface area contributed by atoms with Crippen LogP contribution < -0.4 is 10.2 Å². The van der Waals surface area contributed by atoms with Gasteiger partial charge in [-0.05, 0) is 36.6 Å². The Labute approximate surface area is 127 Å². The number of fused-ring (bicyclic) bond motifs is 1. The number of amides is 1. The first-order valence-corrected chi connectivity index (χ1v) is 7.94. The minimum atomic E-state index is 0.00640. The van der Waals surface area contributed by atoms with Crippen LogP contribution in [0.3, 0.4) is 0 Å². The van der Waals surface area contributed by atoms with Crippen molar-refractivity contribution >= 4 is 11.6 Å². The van der Waals surface area contributed by atoms with E-state index in [4.69, 9.17) is 0 Å². The molecule has 0 aromatic heterocycles. The lowest BCUT2D eigenvalue weighted by Gasteiger charge is -2.25. The molecule has 1 amide bonds. The normalized spacial score (nSPS) is 17.5. The third-order valence-corrected chi connectivity index (χ3v) is 4.05. The number of anilines is 1. The molecule has 1 aliphatic rings. The van der Waals surface area contributed by atoms with Crippen molar-refractivity contribution in [2.45, 2.75) is 52.2 Å². The number of carbonyl (C=O) groups excluding carboxylic acids is 1. The van der Waals surface area contributed by atoms with Gasteiger partial charge in [-0.2, -0.15) is 0 Å². The van der Waals surface area contributed by atoms with Crippen LogP contribution in [0.4, 0.5) is 5.69 Å². The summed E-state index contributed by atoms with van der Waals surface area (Å²) in [5.41, 5.74) is 2.93. The number of hydrogen-bond donors (Lipinski definition) is 2. The molecule has 0 spiro atoms. The molecule has 2 rings (SSSR count). The van der Waals surface area contributed by atoms with Gasteiger partial charge in [0.05, 0.1) is 6.61 Å². The highest BCUT2D eigenvalue weighted by molar-refractivity contribution is 5.92. The van der Waals surface area contributed by atoms with Crippen molar-refractivity contribution in [3.63, 3.8) is 0 Å². The summed E-state index contributed by atoms with van der Waals surface area (Å²) >= 11 is 0. The monoisotopic (exact) mass is 290 g/mol. The average Bonchev–Trinajstić information content (AvgIpc) is 2.47. The Morgan fingerprint density at radius 1 is 1.24 bits per heavy atom. The van der Waals surface area contributed by atoms with Gasteiger partial charge in [0.2, 0.25) is 5.91 Å². The van der Waals surface area contributed by atoms with Crippen molar-refractivity contribution < 1.29 is 9.90 Å². The maximum Gasteiger partial charge on any atom is 0.223 e. The van der Waals surface area contributed by atoms with Crippen LogP contribution in [-0.2, 0) is 17.9 Å². The summed E-state index contributed by atoms with van der Waals surface area (Å²) in [6, 6.07) is 5.91. The lowest BCUT2D eigenvalue weighted by molar-refractivity contribution is -0.116. The largest absolute Gasteiger partial charge is 0.392 e. The molecule has 21 heavy (non-hydrogen) atoms. The molecule has 116 valence electrons. The standard InChI is InChI=1S/C17H26N2O2/c1-14(21)19-10-6-4-2-3-5-9-18-12-16-8-7-15(13-20)11-17(16)19/h7-8,11,18,20H,2-6,9-10,12-13H2,1H3. The predicted octanol–water partition coefficient (Wildman–Crippen LogP) is 2.59. The van der Waals surface area contributed by atoms with Gasteiger partial charge in [-0.3, -0.25) is 4.79 Å². The van der Waals surface area contributed by atoms with E-state index in [1.54, 1.807) is 6.92 Å². The van der Waals surface area contributed by atoms with Crippen LogP contribution in [0.1, 0.15) is 50.2 Å². The Kier molecular flexibility index (Phi) is 6.21. The van der Waals surface area contributed by atoms with Gasteiger partial charge < -0.3 is 15.3 Å². The molecule has 0 aliphatic carbocycles. The van der Waals surface area contributed by atoms with E-state index in [2.05, 4.69) is 5.32 Å². The first-order valence-electron chi connectivity index (χ1n) is 7.94. The number of nitrogens with zero attached hydrogens (tertiary/aromatic N) is 1. The summed E-state index contributed by atoms with van der Waals surface area (Å²) in [6.07, 6.45) is 5.90. The summed E-state index contributed by atoms with van der Waals surface area (Å²) in [5.74, 6) is 0.0726. The Balaban J connectivity index is 2.30. The van der Waals surface area contributed by atoms with Gasteiger partial charge in [0, 0.05) is 25.7 Å². The van der Waals surface area contributed by atoms with E-state index in [1.165, 1.54) is 25.7 Å². The summed E-state index contributed by atoms with van der Waals surface area (Å²) in [4.78, 5) is 13.9. The van der Waals surface area contributed by atoms with Crippen LogP contribution in [-0.4, -0.2) is 24.1 Å². The summed E-state index contributed by atoms with van der Waals surface area (Å²) in [7, 11) is 0. The molecule has 0 unspecified atom stereocenters. The third-order valence-electron chi connectivity index (χ3n) is 4.05. The number of nitrogens with one attached hydrogen (secondary N) is 1. The molecule has 0 radical (unpaired) electrons. The van der Waals surface area contributed by atoms with Crippen LogP contribution in [0, 0.1) is 0 Å². The molecule has 4 heteroatoms. The van der Waals surface area contributed by atoms with E-state index in [9.17, 15) is 9.90 Å². The Morgan fingerprint density at radius 2 is 2.00 bits per heavy atom. The molecular weight excluding hydrogens is 264 g/mol. The second-order valence-corrected chi connectivity index (χ2v) is 5.74. The zero-order valence-electron chi connectivity index (χ0n) is 12.9. The SMILES string of the molecule is CC(=O)N1CCCCCCCNCc2ccc(CO)cc21. The number of aliphatic hydroxyl groups excluding tert-OH is 1. The number of aliphatic hydroxyl groups is 1. The molecular formula is C17H26N2O2. The molecule has 0 bridgehead atoms. The number of hydrogen-bond acceptors (Lipinski definition) is 3. The third kappa shape index (κ3) is 4.55. The highest BCUT2D eigenvalue weighted by Crippen LogP contribution is 2.24. The molecule has 1 aromatic carbocycles. The van der Waals surface area contributed by atoms with Gasteiger partial charge in [0.25, 0.3) is 0 Å². The molecule has 4 nitrogen and oxygen atoms in total. The maximum atomic E-state index is 12.0. The van der Waals surface area contributed by atoms with E-state index in [1.807, 2.05) is 23.1 Å². The molecule has 0 fully saturated rings. The van der Waals surface area contributed by atoms with E-state index < -0.39 is 0 Å². The van der Waals surface area contributed by atoms with E-state index in [-0.39, 0.29) is 12.5 Å². The van der Waals surface area contributed by atoms with E-state index in [0.29, 0.717) is 0 Å². The minimum Gasteiger partial charge on any atom is -0.392 e. The van der Waals surface area contributed by atoms with Crippen LogP contribution in [0.25, 0.3) is 0 Å². The Morgan fingerprint density at radius 3 is 2.76 bits per heavy atom. The van der Waals surface area contributed by atoms with Gasteiger partial charge in [0.1, 0.15) is 0 Å². The van der Waals surface area contributed by atoms with E-state index >= 15 is 0 Å². The average molecular weight is 290 g/mol. The lowest BCUT2D eigenvalue weighted by atomic mass is 10.1. The smallest absolute Gasteiger partial charge is 0.223 e. The fourth-order valence-corrected chi connectivity index (χ4v) is 2.83. The number of carbonyl (C=O) groups is 1. The van der Waals surface area contributed by atoms with Gasteiger partial charge in [-0.15, -0.1) is 0 Å². The van der Waals surface area contributed by atoms with Crippen molar-refractivity contribution in [1.29, 1.82) is 0 Å². The zero-order valence-corrected chi connectivity index (χ0v) is 12.9. The Hall–Kier alpha value is -1.39. The van der Waals surface area contributed by atoms with E-state index in [0.717, 1.165) is 42.9 Å². The summed E-state index contributed by atoms with van der Waals surface area (Å²) < 4.78 is 0. The van der Waals surface area contributed by atoms with Gasteiger partial charge >= 0.3 is 0 Å². The van der Waals surface area contributed by atoms with Crippen molar-refractivity contribution in [2.75, 3.05) is 18.0 Å². The van der Waals surface area contributed by atoms with Crippen molar-refractivity contribution in [1.82, 2.24) is 5.32 Å². The van der Waals surface area contributed by atoms with Crippen molar-refractivity contribution in [2.24, 2.45) is 0 Å². The molecule has 0 atom stereocenters. The van der Waals surface area contributed by atoms with Crippen LogP contribution in [0.15, 0.2) is 18.2 Å². The topological polar surface area (TPSA) is 52.6 Å². The van der Waals surface area contributed by atoms with Crippen LogP contribution in [0.5, 0.6) is 0 Å². The highest BCUT2D eigenvalue weighted by atomic mass is 16.3. The summed E-state index contributed by atoms with van der Waals surface area (Å²) in [6.45, 7) is 4.17. The van der Waals surface area contributed by atoms with Crippen molar-refractivity contribution in [3.8, 4) is 0 Å². The van der Waals surface area contributed by atoms with Crippen molar-refractivity contribution in [3.05, 3.63) is 29.3 Å². The maximum absolute atomic E-state index is 12.0. The molecule has 1 aliphatic heterocycles. The van der Waals surface area contributed by atoms with Crippen LogP contribution in [0.2, 0.25) is 0 Å². The minimum absolute atomic E-state index is 0.00640. The van der Waals surface area contributed by atoms with Gasteiger partial charge in [-0.1, -0.05) is 31.4 Å². The molecule has 0 saturated heterocycles. The number of rotatable bonds is 1.